The van der Waals surface area contributed by atoms with Crippen molar-refractivity contribution in [1.29, 1.82) is 0 Å². The minimum Gasteiger partial charge on any atom is -0.493 e. The molecule has 2 heterocycles. The number of hydrogen-bond donors (Lipinski definition) is 2. The number of carbonyl (C=O) groups excluding carboxylic acids is 1. The molecule has 33 heavy (non-hydrogen) atoms. The molecule has 0 saturated carbocycles. The van der Waals surface area contributed by atoms with Crippen LogP contribution in [-0.4, -0.2) is 29.6 Å². The number of pyridine rings is 2. The number of nitrogens with one attached hydrogen (secondary N) is 1. The Labute approximate surface area is 188 Å². The van der Waals surface area contributed by atoms with Crippen molar-refractivity contribution in [3.63, 3.8) is 0 Å². The molecule has 0 aliphatic heterocycles. The quantitative estimate of drug-likeness (QED) is 0.419. The first kappa shape index (κ1) is 21.9. The molecule has 2 aromatic heterocycles. The van der Waals surface area contributed by atoms with Gasteiger partial charge in [-0.25, -0.2) is 13.8 Å². The van der Waals surface area contributed by atoms with E-state index in [0.29, 0.717) is 34.7 Å². The topological polar surface area (TPSA) is 99.4 Å². The summed E-state index contributed by atoms with van der Waals surface area (Å²) in [5, 5.41) is 3.37. The second kappa shape index (κ2) is 9.07. The molecule has 3 N–H and O–H groups in total. The molecular weight excluding hydrogens is 430 g/mol. The summed E-state index contributed by atoms with van der Waals surface area (Å²) in [5.74, 6) is -1.29. The van der Waals surface area contributed by atoms with Crippen molar-refractivity contribution in [3.05, 3.63) is 72.1 Å². The Morgan fingerprint density at radius 1 is 1.09 bits per heavy atom. The fourth-order valence-corrected chi connectivity index (χ4v) is 3.43. The zero-order valence-corrected chi connectivity index (χ0v) is 17.9. The number of methoxy groups -OCH3 is 1. The Morgan fingerprint density at radius 3 is 2.55 bits per heavy atom. The normalized spacial score (nSPS) is 10.8. The van der Waals surface area contributed by atoms with Crippen molar-refractivity contribution in [3.8, 4) is 22.8 Å². The molecule has 0 spiro atoms. The number of ether oxygens (including phenoxy) is 2. The fraction of sp³-hybridized carbons (Fsp3) is 0.125. The minimum absolute atomic E-state index is 0.0204. The van der Waals surface area contributed by atoms with Crippen LogP contribution in [0.2, 0.25) is 0 Å². The van der Waals surface area contributed by atoms with Crippen molar-refractivity contribution in [2.45, 2.75) is 6.92 Å². The van der Waals surface area contributed by atoms with Crippen molar-refractivity contribution in [2.75, 3.05) is 19.0 Å². The molecular formula is C24H20F2N4O3. The first-order valence-corrected chi connectivity index (χ1v) is 10.0. The number of primary amides is 1. The Bertz CT molecular complexity index is 1340. The zero-order chi connectivity index (χ0) is 23.5. The molecule has 0 fully saturated rings. The number of anilines is 2. The number of nitrogens with zero attached hydrogens (tertiary/aromatic N) is 2. The Hall–Kier alpha value is -4.27. The third-order valence-electron chi connectivity index (χ3n) is 4.98. The van der Waals surface area contributed by atoms with Crippen molar-refractivity contribution >= 4 is 28.2 Å². The van der Waals surface area contributed by atoms with Gasteiger partial charge in [-0.3, -0.25) is 9.78 Å². The highest BCUT2D eigenvalue weighted by molar-refractivity contribution is 6.08. The van der Waals surface area contributed by atoms with Gasteiger partial charge < -0.3 is 20.5 Å². The molecule has 0 unspecified atom stereocenters. The van der Waals surface area contributed by atoms with Crippen LogP contribution in [-0.2, 0) is 0 Å². The maximum absolute atomic E-state index is 14.4. The monoisotopic (exact) mass is 450 g/mol. The molecule has 0 atom stereocenters. The van der Waals surface area contributed by atoms with Crippen LogP contribution in [0.15, 0.2) is 54.9 Å². The van der Waals surface area contributed by atoms with Gasteiger partial charge >= 0.3 is 0 Å². The molecule has 4 rings (SSSR count). The van der Waals surface area contributed by atoms with E-state index in [1.54, 1.807) is 24.4 Å². The lowest BCUT2D eigenvalue weighted by Gasteiger charge is -2.17. The van der Waals surface area contributed by atoms with Crippen LogP contribution in [0.3, 0.4) is 0 Å². The van der Waals surface area contributed by atoms with Gasteiger partial charge in [0, 0.05) is 47.1 Å². The van der Waals surface area contributed by atoms with Crippen LogP contribution >= 0.6 is 0 Å². The van der Waals surface area contributed by atoms with Crippen LogP contribution < -0.4 is 20.5 Å². The lowest BCUT2D eigenvalue weighted by molar-refractivity contribution is 0.100. The first-order chi connectivity index (χ1) is 15.9. The van der Waals surface area contributed by atoms with Gasteiger partial charge in [-0.05, 0) is 31.2 Å². The number of hydrogen-bond acceptors (Lipinski definition) is 6. The third-order valence-corrected chi connectivity index (χ3v) is 4.98. The van der Waals surface area contributed by atoms with Crippen molar-refractivity contribution in [1.82, 2.24) is 9.97 Å². The lowest BCUT2D eigenvalue weighted by atomic mass is 10.0. The molecule has 1 amide bonds. The Kier molecular flexibility index (Phi) is 6.03. The predicted octanol–water partition coefficient (Wildman–Crippen LogP) is 4.82. The number of halogens is 2. The third kappa shape index (κ3) is 4.38. The smallest absolute Gasteiger partial charge is 0.252 e. The van der Waals surface area contributed by atoms with Gasteiger partial charge in [0.25, 0.3) is 5.91 Å². The van der Waals surface area contributed by atoms with Gasteiger partial charge in [-0.15, -0.1) is 0 Å². The summed E-state index contributed by atoms with van der Waals surface area (Å²) < 4.78 is 38.7. The molecule has 7 nitrogen and oxygen atoms in total. The zero-order valence-electron chi connectivity index (χ0n) is 17.9. The van der Waals surface area contributed by atoms with E-state index < -0.39 is 17.5 Å². The van der Waals surface area contributed by atoms with Crippen LogP contribution in [0.25, 0.3) is 22.0 Å². The molecule has 0 saturated heterocycles. The average Bonchev–Trinajstić information content (AvgIpc) is 2.80. The lowest BCUT2D eigenvalue weighted by Crippen LogP contribution is -2.14. The van der Waals surface area contributed by atoms with E-state index in [2.05, 4.69) is 15.3 Å². The number of rotatable bonds is 7. The molecule has 0 bridgehead atoms. The highest BCUT2D eigenvalue weighted by Crippen LogP contribution is 2.38. The molecule has 168 valence electrons. The molecule has 2 aromatic carbocycles. The summed E-state index contributed by atoms with van der Waals surface area (Å²) in [6.45, 7) is 2.27. The second-order valence-corrected chi connectivity index (χ2v) is 7.05. The summed E-state index contributed by atoms with van der Waals surface area (Å²) in [4.78, 5) is 20.7. The maximum Gasteiger partial charge on any atom is 0.252 e. The van der Waals surface area contributed by atoms with E-state index in [4.69, 9.17) is 15.2 Å². The number of fused-ring (bicyclic) bond motifs is 1. The predicted molar refractivity (Wildman–Crippen MR) is 121 cm³/mol. The maximum atomic E-state index is 14.4. The van der Waals surface area contributed by atoms with Gasteiger partial charge in [0.05, 0.1) is 36.2 Å². The van der Waals surface area contributed by atoms with E-state index in [0.717, 1.165) is 17.7 Å². The Balaban J connectivity index is 1.95. The van der Waals surface area contributed by atoms with Gasteiger partial charge in [0.15, 0.2) is 0 Å². The number of nitrogens with two attached hydrogens (primary N) is 1. The number of amides is 1. The van der Waals surface area contributed by atoms with Gasteiger partial charge in [-0.2, -0.15) is 0 Å². The summed E-state index contributed by atoms with van der Waals surface area (Å²) in [7, 11) is 1.52. The molecule has 9 heteroatoms. The van der Waals surface area contributed by atoms with Crippen molar-refractivity contribution < 1.29 is 23.0 Å². The largest absolute Gasteiger partial charge is 0.493 e. The highest BCUT2D eigenvalue weighted by Gasteiger charge is 2.19. The highest BCUT2D eigenvalue weighted by atomic mass is 19.1. The summed E-state index contributed by atoms with van der Waals surface area (Å²) in [5.41, 5.74) is 7.71. The molecule has 0 aliphatic rings. The summed E-state index contributed by atoms with van der Waals surface area (Å²) in [6.07, 6.45) is 2.93. The van der Waals surface area contributed by atoms with Crippen LogP contribution in [0.5, 0.6) is 11.6 Å². The summed E-state index contributed by atoms with van der Waals surface area (Å²) >= 11 is 0. The standard InChI is InChI=1S/C24H20F2N4O3/c1-3-33-21-10-20-16(9-15(21)13-4-7-22(32-2)29-11-13)23(17(12-28-20)24(27)31)30-19-6-5-14(25)8-18(19)26/h4-12H,3H2,1-2H3,(H2,27,31)(H,28,30). The van der Waals surface area contributed by atoms with Crippen LogP contribution in [0.1, 0.15) is 17.3 Å². The van der Waals surface area contributed by atoms with Crippen molar-refractivity contribution in [2.24, 2.45) is 5.73 Å². The van der Waals surface area contributed by atoms with Gasteiger partial charge in [0.2, 0.25) is 5.88 Å². The SMILES string of the molecule is CCOc1cc2ncc(C(N)=O)c(Nc3ccc(F)cc3F)c2cc1-c1ccc(OC)nc1. The Morgan fingerprint density at radius 2 is 1.91 bits per heavy atom. The van der Waals surface area contributed by atoms with Crippen LogP contribution in [0.4, 0.5) is 20.2 Å². The average molecular weight is 450 g/mol. The van der Waals surface area contributed by atoms with E-state index in [1.807, 2.05) is 13.0 Å². The minimum atomic E-state index is -0.819. The van der Waals surface area contributed by atoms with Gasteiger partial charge in [0.1, 0.15) is 17.4 Å². The second-order valence-electron chi connectivity index (χ2n) is 7.05. The first-order valence-electron chi connectivity index (χ1n) is 10.0. The van der Waals surface area contributed by atoms with E-state index in [9.17, 15) is 13.6 Å². The van der Waals surface area contributed by atoms with Crippen LogP contribution in [0, 0.1) is 11.6 Å². The molecule has 4 aromatic rings. The van der Waals surface area contributed by atoms with E-state index in [-0.39, 0.29) is 16.9 Å². The van der Waals surface area contributed by atoms with Gasteiger partial charge in [-0.1, -0.05) is 0 Å². The molecule has 0 aliphatic carbocycles. The summed E-state index contributed by atoms with van der Waals surface area (Å²) in [6, 6.07) is 10.1. The number of carbonyl (C=O) groups is 1. The van der Waals surface area contributed by atoms with E-state index >= 15 is 0 Å². The number of benzene rings is 2. The fourth-order valence-electron chi connectivity index (χ4n) is 3.43. The number of aromatic nitrogens is 2. The van der Waals surface area contributed by atoms with E-state index in [1.165, 1.54) is 19.4 Å². The molecule has 0 radical (unpaired) electrons.